The summed E-state index contributed by atoms with van der Waals surface area (Å²) in [5, 5.41) is 5.38. The van der Waals surface area contributed by atoms with Crippen molar-refractivity contribution in [3.8, 4) is 5.75 Å². The number of aromatic nitrogens is 2. The predicted molar refractivity (Wildman–Crippen MR) is 128 cm³/mol. The number of imidazole rings is 1. The van der Waals surface area contributed by atoms with Gasteiger partial charge in [0.25, 0.3) is 0 Å². The van der Waals surface area contributed by atoms with Gasteiger partial charge in [-0.05, 0) is 52.7 Å². The van der Waals surface area contributed by atoms with Crippen LogP contribution < -0.4 is 10.1 Å². The van der Waals surface area contributed by atoms with Crippen molar-refractivity contribution in [2.24, 2.45) is 0 Å². The second kappa shape index (κ2) is 8.55. The molecule has 0 aliphatic rings. The second-order valence-corrected chi connectivity index (χ2v) is 7.69. The van der Waals surface area contributed by atoms with Gasteiger partial charge < -0.3 is 14.6 Å². The van der Waals surface area contributed by atoms with Crippen molar-refractivity contribution < 1.29 is 9.53 Å². The van der Waals surface area contributed by atoms with Crippen LogP contribution in [0.1, 0.15) is 11.4 Å². The highest BCUT2D eigenvalue weighted by molar-refractivity contribution is 5.92. The Bertz CT molecular complexity index is 1400. The average molecular weight is 422 g/mol. The van der Waals surface area contributed by atoms with E-state index in [1.54, 1.807) is 7.11 Å². The van der Waals surface area contributed by atoms with E-state index in [0.717, 1.165) is 28.3 Å². The third-order valence-electron chi connectivity index (χ3n) is 5.64. The van der Waals surface area contributed by atoms with E-state index < -0.39 is 0 Å². The largest absolute Gasteiger partial charge is 0.497 e. The van der Waals surface area contributed by atoms with Crippen LogP contribution in [0.2, 0.25) is 0 Å². The van der Waals surface area contributed by atoms with Crippen LogP contribution >= 0.6 is 0 Å². The lowest BCUT2D eigenvalue weighted by Crippen LogP contribution is -2.20. The molecule has 0 bridgehead atoms. The summed E-state index contributed by atoms with van der Waals surface area (Å²) in [5.41, 5.74) is 3.76. The Morgan fingerprint density at radius 3 is 2.50 bits per heavy atom. The van der Waals surface area contributed by atoms with Gasteiger partial charge in [0.2, 0.25) is 5.91 Å². The standard InChI is InChI=1S/C27H23N3O2/c1-32-22-15-13-21(14-16-22)28-27(31)18-30-25-12-5-4-11-24(25)29-26(30)17-20-9-6-8-19-7-2-3-10-23(19)20/h2-16H,17-18H2,1H3,(H,28,31). The fourth-order valence-electron chi connectivity index (χ4n) is 4.07. The number of carbonyl (C=O) groups excluding carboxylic acids is 1. The minimum absolute atomic E-state index is 0.0995. The summed E-state index contributed by atoms with van der Waals surface area (Å²) >= 11 is 0. The Hall–Kier alpha value is -4.12. The van der Waals surface area contributed by atoms with Crippen LogP contribution in [0.4, 0.5) is 5.69 Å². The van der Waals surface area contributed by atoms with Crippen LogP contribution in [0.3, 0.4) is 0 Å². The smallest absolute Gasteiger partial charge is 0.244 e. The summed E-state index contributed by atoms with van der Waals surface area (Å²) in [7, 11) is 1.62. The number of methoxy groups -OCH3 is 1. The number of nitrogens with zero attached hydrogens (tertiary/aromatic N) is 2. The monoisotopic (exact) mass is 421 g/mol. The summed E-state index contributed by atoms with van der Waals surface area (Å²) in [4.78, 5) is 17.8. The fraction of sp³-hybridized carbons (Fsp3) is 0.111. The molecule has 0 fully saturated rings. The summed E-state index contributed by atoms with van der Waals surface area (Å²) < 4.78 is 7.20. The zero-order valence-corrected chi connectivity index (χ0v) is 17.8. The molecule has 1 heterocycles. The molecule has 32 heavy (non-hydrogen) atoms. The van der Waals surface area contributed by atoms with Crippen LogP contribution in [0.15, 0.2) is 91.0 Å². The van der Waals surface area contributed by atoms with E-state index in [-0.39, 0.29) is 12.5 Å². The lowest BCUT2D eigenvalue weighted by Gasteiger charge is -2.12. The molecule has 158 valence electrons. The summed E-state index contributed by atoms with van der Waals surface area (Å²) in [5.74, 6) is 1.52. The first-order chi connectivity index (χ1) is 15.7. The second-order valence-electron chi connectivity index (χ2n) is 7.69. The number of para-hydroxylation sites is 2. The van der Waals surface area contributed by atoms with Crippen molar-refractivity contribution in [2.45, 2.75) is 13.0 Å². The van der Waals surface area contributed by atoms with Crippen molar-refractivity contribution in [1.29, 1.82) is 0 Å². The molecule has 5 nitrogen and oxygen atoms in total. The van der Waals surface area contributed by atoms with Crippen LogP contribution in [0.5, 0.6) is 5.75 Å². The number of carbonyl (C=O) groups is 1. The normalized spacial score (nSPS) is 11.0. The first-order valence-electron chi connectivity index (χ1n) is 10.6. The molecular formula is C27H23N3O2. The number of fused-ring (bicyclic) bond motifs is 2. The van der Waals surface area contributed by atoms with Gasteiger partial charge in [0.15, 0.2) is 0 Å². The number of hydrogen-bond acceptors (Lipinski definition) is 3. The van der Waals surface area contributed by atoms with Gasteiger partial charge in [0, 0.05) is 12.1 Å². The molecule has 1 aromatic heterocycles. The first-order valence-corrected chi connectivity index (χ1v) is 10.6. The lowest BCUT2D eigenvalue weighted by atomic mass is 10.0. The van der Waals surface area contributed by atoms with Crippen LogP contribution in [-0.2, 0) is 17.8 Å². The molecule has 0 saturated heterocycles. The van der Waals surface area contributed by atoms with Gasteiger partial charge in [-0.1, -0.05) is 54.6 Å². The molecule has 0 aliphatic carbocycles. The minimum atomic E-state index is -0.0995. The summed E-state index contributed by atoms with van der Waals surface area (Å²) in [6.07, 6.45) is 0.645. The van der Waals surface area contributed by atoms with Crippen molar-refractivity contribution in [2.75, 3.05) is 12.4 Å². The zero-order chi connectivity index (χ0) is 21.9. The molecule has 5 heteroatoms. The Kier molecular flexibility index (Phi) is 5.30. The maximum absolute atomic E-state index is 12.9. The maximum atomic E-state index is 12.9. The number of amides is 1. The Morgan fingerprint density at radius 2 is 1.66 bits per heavy atom. The Balaban J connectivity index is 1.47. The average Bonchev–Trinajstić information content (AvgIpc) is 3.16. The molecule has 0 aliphatic heterocycles. The number of anilines is 1. The van der Waals surface area contributed by atoms with Crippen molar-refractivity contribution in [1.82, 2.24) is 9.55 Å². The van der Waals surface area contributed by atoms with E-state index in [0.29, 0.717) is 6.42 Å². The van der Waals surface area contributed by atoms with Gasteiger partial charge in [-0.15, -0.1) is 0 Å². The van der Waals surface area contributed by atoms with E-state index in [2.05, 4.69) is 41.7 Å². The topological polar surface area (TPSA) is 56.1 Å². The predicted octanol–water partition coefficient (Wildman–Crippen LogP) is 5.43. The maximum Gasteiger partial charge on any atom is 0.244 e. The van der Waals surface area contributed by atoms with E-state index >= 15 is 0 Å². The number of rotatable bonds is 6. The van der Waals surface area contributed by atoms with Crippen LogP contribution in [0.25, 0.3) is 21.8 Å². The third kappa shape index (κ3) is 3.93. The van der Waals surface area contributed by atoms with Gasteiger partial charge in [-0.25, -0.2) is 4.98 Å². The molecule has 0 unspecified atom stereocenters. The molecule has 0 atom stereocenters. The van der Waals surface area contributed by atoms with E-state index in [1.165, 1.54) is 16.3 Å². The van der Waals surface area contributed by atoms with Gasteiger partial charge in [-0.3, -0.25) is 4.79 Å². The van der Waals surface area contributed by atoms with Crippen LogP contribution in [-0.4, -0.2) is 22.6 Å². The minimum Gasteiger partial charge on any atom is -0.497 e. The summed E-state index contributed by atoms with van der Waals surface area (Å²) in [6, 6.07) is 29.9. The molecule has 1 amide bonds. The summed E-state index contributed by atoms with van der Waals surface area (Å²) in [6.45, 7) is 0.187. The molecule has 0 spiro atoms. The molecular weight excluding hydrogens is 398 g/mol. The number of ether oxygens (including phenoxy) is 1. The fourth-order valence-corrected chi connectivity index (χ4v) is 4.07. The van der Waals surface area contributed by atoms with Gasteiger partial charge >= 0.3 is 0 Å². The highest BCUT2D eigenvalue weighted by Gasteiger charge is 2.15. The quantitative estimate of drug-likeness (QED) is 0.398. The number of hydrogen-bond donors (Lipinski definition) is 1. The SMILES string of the molecule is COc1ccc(NC(=O)Cn2c(Cc3cccc4ccccc34)nc3ccccc32)cc1. The molecule has 5 rings (SSSR count). The Labute approximate surface area is 186 Å². The van der Waals surface area contributed by atoms with Crippen LogP contribution in [0, 0.1) is 0 Å². The van der Waals surface area contributed by atoms with Gasteiger partial charge in [-0.2, -0.15) is 0 Å². The molecule has 1 N–H and O–H groups in total. The highest BCUT2D eigenvalue weighted by atomic mass is 16.5. The van der Waals surface area contributed by atoms with E-state index in [9.17, 15) is 4.79 Å². The van der Waals surface area contributed by atoms with Crippen molar-refractivity contribution in [3.05, 3.63) is 102 Å². The van der Waals surface area contributed by atoms with Crippen molar-refractivity contribution in [3.63, 3.8) is 0 Å². The number of benzene rings is 4. The van der Waals surface area contributed by atoms with E-state index in [4.69, 9.17) is 9.72 Å². The van der Waals surface area contributed by atoms with Gasteiger partial charge in [0.05, 0.1) is 18.1 Å². The number of nitrogens with one attached hydrogen (secondary N) is 1. The van der Waals surface area contributed by atoms with E-state index in [1.807, 2.05) is 59.2 Å². The lowest BCUT2D eigenvalue weighted by molar-refractivity contribution is -0.116. The Morgan fingerprint density at radius 1 is 0.906 bits per heavy atom. The first kappa shape index (κ1) is 19.8. The molecule has 0 radical (unpaired) electrons. The van der Waals surface area contributed by atoms with Crippen molar-refractivity contribution >= 4 is 33.4 Å². The zero-order valence-electron chi connectivity index (χ0n) is 17.8. The molecule has 0 saturated carbocycles. The van der Waals surface area contributed by atoms with Gasteiger partial charge in [0.1, 0.15) is 18.1 Å². The molecule has 5 aromatic rings. The molecule has 4 aromatic carbocycles. The third-order valence-corrected chi connectivity index (χ3v) is 5.64. The highest BCUT2D eigenvalue weighted by Crippen LogP contribution is 2.24.